The molecular weight excluding hydrogens is 272 g/mol. The van der Waals surface area contributed by atoms with Crippen LogP contribution in [-0.4, -0.2) is 35.5 Å². The largest absolute Gasteiger partial charge is 0.480 e. The first kappa shape index (κ1) is 14.6. The highest BCUT2D eigenvalue weighted by Crippen LogP contribution is 2.20. The molecule has 6 heteroatoms. The van der Waals surface area contributed by atoms with Crippen LogP contribution in [0.4, 0.5) is 5.82 Å². The smallest absolute Gasteiger partial charge is 0.233 e. The molecule has 20 heavy (non-hydrogen) atoms. The Bertz CT molecular complexity index is 545. The Morgan fingerprint density at radius 3 is 2.60 bits per heavy atom. The Balaban J connectivity index is 1.93. The number of ether oxygens (including phenoxy) is 1. The van der Waals surface area contributed by atoms with Gasteiger partial charge < -0.3 is 10.1 Å². The standard InChI is InChI=1S/C14H18N4OS/c1-18(2)20-12-6-4-11(5-7-12)8-16-13-9-15-10-14(17-13)19-3/h4-7,9-10H,8H2,1-3H3,(H,16,17). The van der Waals surface area contributed by atoms with E-state index < -0.39 is 0 Å². The summed E-state index contributed by atoms with van der Waals surface area (Å²) in [6, 6.07) is 8.43. The van der Waals surface area contributed by atoms with Gasteiger partial charge in [-0.05, 0) is 43.7 Å². The second kappa shape index (κ2) is 7.12. The van der Waals surface area contributed by atoms with Gasteiger partial charge in [0.25, 0.3) is 0 Å². The molecule has 0 aliphatic heterocycles. The van der Waals surface area contributed by atoms with E-state index in [0.717, 1.165) is 0 Å². The lowest BCUT2D eigenvalue weighted by atomic mass is 10.2. The number of nitrogens with one attached hydrogen (secondary N) is 1. The monoisotopic (exact) mass is 290 g/mol. The van der Waals surface area contributed by atoms with E-state index in [1.807, 2.05) is 14.1 Å². The lowest BCUT2D eigenvalue weighted by molar-refractivity contribution is 0.396. The maximum absolute atomic E-state index is 5.04. The average molecular weight is 290 g/mol. The van der Waals surface area contributed by atoms with Gasteiger partial charge in [-0.2, -0.15) is 4.98 Å². The molecule has 0 fully saturated rings. The van der Waals surface area contributed by atoms with Crippen LogP contribution in [0.3, 0.4) is 0 Å². The first-order chi connectivity index (χ1) is 9.67. The van der Waals surface area contributed by atoms with Crippen molar-refractivity contribution >= 4 is 17.8 Å². The number of nitrogens with zero attached hydrogens (tertiary/aromatic N) is 3. The summed E-state index contributed by atoms with van der Waals surface area (Å²) in [6.45, 7) is 0.703. The van der Waals surface area contributed by atoms with Gasteiger partial charge in [0, 0.05) is 11.4 Å². The molecule has 0 saturated carbocycles. The second-order valence-electron chi connectivity index (χ2n) is 4.35. The molecule has 0 radical (unpaired) electrons. The summed E-state index contributed by atoms with van der Waals surface area (Å²) in [5.41, 5.74) is 1.19. The number of anilines is 1. The third-order valence-electron chi connectivity index (χ3n) is 2.51. The molecule has 106 valence electrons. The third-order valence-corrected chi connectivity index (χ3v) is 3.35. The molecule has 0 spiro atoms. The zero-order valence-electron chi connectivity index (χ0n) is 11.8. The second-order valence-corrected chi connectivity index (χ2v) is 5.73. The molecule has 0 aliphatic rings. The Hall–Kier alpha value is -1.79. The van der Waals surface area contributed by atoms with Crippen molar-refractivity contribution in [2.75, 3.05) is 26.5 Å². The van der Waals surface area contributed by atoms with Gasteiger partial charge in [0.15, 0.2) is 0 Å². The summed E-state index contributed by atoms with van der Waals surface area (Å²) in [7, 11) is 5.64. The minimum atomic E-state index is 0.507. The minimum absolute atomic E-state index is 0.507. The summed E-state index contributed by atoms with van der Waals surface area (Å²) in [5.74, 6) is 1.21. The number of methoxy groups -OCH3 is 1. The molecule has 1 N–H and O–H groups in total. The molecule has 0 amide bonds. The maximum atomic E-state index is 5.04. The van der Waals surface area contributed by atoms with E-state index in [9.17, 15) is 0 Å². The zero-order chi connectivity index (χ0) is 14.4. The van der Waals surface area contributed by atoms with E-state index >= 15 is 0 Å². The molecule has 1 heterocycles. The Morgan fingerprint density at radius 2 is 1.95 bits per heavy atom. The predicted octanol–water partition coefficient (Wildman–Crippen LogP) is 2.67. The molecule has 0 bridgehead atoms. The van der Waals surface area contributed by atoms with Crippen molar-refractivity contribution in [1.29, 1.82) is 0 Å². The van der Waals surface area contributed by atoms with Crippen LogP contribution in [0.15, 0.2) is 41.6 Å². The average Bonchev–Trinajstić information content (AvgIpc) is 2.46. The molecule has 2 rings (SSSR count). The Labute approximate surface area is 123 Å². The highest BCUT2D eigenvalue weighted by atomic mass is 32.2. The van der Waals surface area contributed by atoms with Crippen LogP contribution in [0.2, 0.25) is 0 Å². The molecule has 0 aliphatic carbocycles. The summed E-state index contributed by atoms with van der Waals surface area (Å²) >= 11 is 1.70. The van der Waals surface area contributed by atoms with Crippen LogP contribution < -0.4 is 10.1 Å². The van der Waals surface area contributed by atoms with Crippen LogP contribution in [0, 0.1) is 0 Å². The van der Waals surface area contributed by atoms with Crippen LogP contribution in [-0.2, 0) is 6.54 Å². The number of hydrogen-bond donors (Lipinski definition) is 1. The van der Waals surface area contributed by atoms with Gasteiger partial charge in [-0.1, -0.05) is 12.1 Å². The van der Waals surface area contributed by atoms with Gasteiger partial charge in [0.1, 0.15) is 5.82 Å². The molecule has 0 atom stereocenters. The van der Waals surface area contributed by atoms with Crippen molar-refractivity contribution in [1.82, 2.24) is 14.3 Å². The molecule has 0 saturated heterocycles. The maximum Gasteiger partial charge on any atom is 0.233 e. The fourth-order valence-electron chi connectivity index (χ4n) is 1.60. The van der Waals surface area contributed by atoms with Crippen LogP contribution in [0.25, 0.3) is 0 Å². The molecule has 1 aromatic heterocycles. The van der Waals surface area contributed by atoms with Crippen molar-refractivity contribution < 1.29 is 4.74 Å². The van der Waals surface area contributed by atoms with Crippen molar-refractivity contribution in [3.05, 3.63) is 42.2 Å². The van der Waals surface area contributed by atoms with Gasteiger partial charge in [-0.15, -0.1) is 0 Å². The van der Waals surface area contributed by atoms with E-state index in [4.69, 9.17) is 4.74 Å². The van der Waals surface area contributed by atoms with E-state index in [0.29, 0.717) is 18.2 Å². The van der Waals surface area contributed by atoms with Crippen molar-refractivity contribution in [2.45, 2.75) is 11.4 Å². The van der Waals surface area contributed by atoms with Crippen LogP contribution in [0.5, 0.6) is 5.88 Å². The van der Waals surface area contributed by atoms with Gasteiger partial charge >= 0.3 is 0 Å². The fraction of sp³-hybridized carbons (Fsp3) is 0.286. The van der Waals surface area contributed by atoms with E-state index in [1.54, 1.807) is 31.5 Å². The lowest BCUT2D eigenvalue weighted by Gasteiger charge is -2.10. The number of benzene rings is 1. The minimum Gasteiger partial charge on any atom is -0.480 e. The summed E-state index contributed by atoms with van der Waals surface area (Å²) in [5, 5.41) is 3.23. The van der Waals surface area contributed by atoms with Crippen LogP contribution >= 0.6 is 11.9 Å². The van der Waals surface area contributed by atoms with Crippen molar-refractivity contribution in [3.8, 4) is 5.88 Å². The van der Waals surface area contributed by atoms with Gasteiger partial charge in [0.05, 0.1) is 19.5 Å². The molecule has 5 nitrogen and oxygen atoms in total. The predicted molar refractivity (Wildman–Crippen MR) is 81.9 cm³/mol. The summed E-state index contributed by atoms with van der Waals surface area (Å²) in [4.78, 5) is 9.53. The van der Waals surface area contributed by atoms with E-state index in [-0.39, 0.29) is 0 Å². The quantitative estimate of drug-likeness (QED) is 0.825. The Kier molecular flexibility index (Phi) is 5.20. The molecule has 0 unspecified atom stereocenters. The van der Waals surface area contributed by atoms with E-state index in [2.05, 4.69) is 43.9 Å². The number of rotatable bonds is 6. The summed E-state index contributed by atoms with van der Waals surface area (Å²) in [6.07, 6.45) is 3.26. The molecule has 2 aromatic rings. The van der Waals surface area contributed by atoms with Crippen molar-refractivity contribution in [3.63, 3.8) is 0 Å². The van der Waals surface area contributed by atoms with Gasteiger partial charge in [0.2, 0.25) is 5.88 Å². The normalized spacial score (nSPS) is 10.6. The number of hydrogen-bond acceptors (Lipinski definition) is 6. The lowest BCUT2D eigenvalue weighted by Crippen LogP contribution is -2.03. The molecule has 1 aromatic carbocycles. The SMILES string of the molecule is COc1cncc(NCc2ccc(SN(C)C)cc2)n1. The zero-order valence-corrected chi connectivity index (χ0v) is 12.6. The number of aromatic nitrogens is 2. The fourth-order valence-corrected chi connectivity index (χ4v) is 2.28. The van der Waals surface area contributed by atoms with Gasteiger partial charge in [-0.3, -0.25) is 9.29 Å². The Morgan fingerprint density at radius 1 is 1.20 bits per heavy atom. The van der Waals surface area contributed by atoms with Gasteiger partial charge in [-0.25, -0.2) is 0 Å². The first-order valence-corrected chi connectivity index (χ1v) is 6.99. The molecular formula is C14H18N4OS. The summed E-state index contributed by atoms with van der Waals surface area (Å²) < 4.78 is 7.11. The van der Waals surface area contributed by atoms with Crippen LogP contribution in [0.1, 0.15) is 5.56 Å². The third kappa shape index (κ3) is 4.40. The highest BCUT2D eigenvalue weighted by Gasteiger charge is 2.00. The van der Waals surface area contributed by atoms with E-state index in [1.165, 1.54) is 10.5 Å². The highest BCUT2D eigenvalue weighted by molar-refractivity contribution is 7.97. The van der Waals surface area contributed by atoms with Crippen molar-refractivity contribution in [2.24, 2.45) is 0 Å². The topological polar surface area (TPSA) is 50.3 Å². The first-order valence-electron chi connectivity index (χ1n) is 6.21.